The lowest BCUT2D eigenvalue weighted by molar-refractivity contribution is 0.0950. The first-order valence-corrected chi connectivity index (χ1v) is 9.98. The molecule has 5 heteroatoms. The summed E-state index contributed by atoms with van der Waals surface area (Å²) in [6, 6.07) is 17.3. The van der Waals surface area contributed by atoms with Gasteiger partial charge in [0.15, 0.2) is 0 Å². The van der Waals surface area contributed by atoms with Gasteiger partial charge in [-0.2, -0.15) is 0 Å². The highest BCUT2D eigenvalue weighted by Gasteiger charge is 2.14. The summed E-state index contributed by atoms with van der Waals surface area (Å²) in [7, 11) is 0. The minimum absolute atomic E-state index is 0.137. The Bertz CT molecular complexity index is 1190. The summed E-state index contributed by atoms with van der Waals surface area (Å²) >= 11 is 0. The molecule has 0 bridgehead atoms. The van der Waals surface area contributed by atoms with Gasteiger partial charge in [-0.1, -0.05) is 19.1 Å². The van der Waals surface area contributed by atoms with Crippen LogP contribution in [0, 0.1) is 6.92 Å². The molecular formula is C25H23N3O2. The molecule has 2 aromatic heterocycles. The molecule has 5 nitrogen and oxygen atoms in total. The van der Waals surface area contributed by atoms with E-state index in [9.17, 15) is 4.79 Å². The number of nitrogens with zero attached hydrogens (tertiary/aromatic N) is 2. The molecule has 0 aliphatic carbocycles. The first kappa shape index (κ1) is 19.6. The van der Waals surface area contributed by atoms with Crippen LogP contribution >= 0.6 is 0 Å². The molecule has 4 aromatic rings. The van der Waals surface area contributed by atoms with E-state index in [0.29, 0.717) is 17.9 Å². The lowest BCUT2D eigenvalue weighted by Crippen LogP contribution is -2.23. The van der Waals surface area contributed by atoms with Gasteiger partial charge in [0.1, 0.15) is 11.5 Å². The van der Waals surface area contributed by atoms with Gasteiger partial charge in [-0.15, -0.1) is 0 Å². The number of amides is 1. The van der Waals surface area contributed by atoms with Crippen LogP contribution in [0.2, 0.25) is 0 Å². The molecule has 0 aliphatic heterocycles. The van der Waals surface area contributed by atoms with Crippen LogP contribution in [0.1, 0.15) is 34.0 Å². The lowest BCUT2D eigenvalue weighted by atomic mass is 10.1. The Balaban J connectivity index is 1.57. The number of ether oxygens (including phenoxy) is 1. The maximum absolute atomic E-state index is 12.7. The van der Waals surface area contributed by atoms with Crippen molar-refractivity contribution in [3.05, 3.63) is 95.4 Å². The van der Waals surface area contributed by atoms with E-state index in [1.165, 1.54) is 5.56 Å². The van der Waals surface area contributed by atoms with Crippen molar-refractivity contribution < 1.29 is 9.53 Å². The molecule has 1 N–H and O–H groups in total. The predicted octanol–water partition coefficient (Wildman–Crippen LogP) is 5.22. The molecule has 0 unspecified atom stereocenters. The van der Waals surface area contributed by atoms with Gasteiger partial charge in [0.2, 0.25) is 0 Å². The van der Waals surface area contributed by atoms with Crippen LogP contribution < -0.4 is 10.1 Å². The van der Waals surface area contributed by atoms with Crippen molar-refractivity contribution in [1.29, 1.82) is 0 Å². The zero-order valence-electron chi connectivity index (χ0n) is 17.1. The summed E-state index contributed by atoms with van der Waals surface area (Å²) in [5.41, 5.74) is 4.51. The number of fused-ring (bicyclic) bond motifs is 1. The summed E-state index contributed by atoms with van der Waals surface area (Å²) in [6.45, 7) is 4.46. The molecule has 0 radical (unpaired) electrons. The third kappa shape index (κ3) is 4.15. The second-order valence-electron chi connectivity index (χ2n) is 7.08. The first-order chi connectivity index (χ1) is 14.7. The van der Waals surface area contributed by atoms with Crippen molar-refractivity contribution in [2.24, 2.45) is 0 Å². The molecule has 1 amide bonds. The van der Waals surface area contributed by atoms with Gasteiger partial charge in [0.05, 0.1) is 5.52 Å². The Hall–Kier alpha value is -3.73. The number of benzene rings is 2. The number of rotatable bonds is 6. The van der Waals surface area contributed by atoms with E-state index < -0.39 is 0 Å². The molecule has 2 aromatic carbocycles. The lowest BCUT2D eigenvalue weighted by Gasteiger charge is -2.14. The largest absolute Gasteiger partial charge is 0.456 e. The van der Waals surface area contributed by atoms with Crippen LogP contribution in [0.15, 0.2) is 73.2 Å². The van der Waals surface area contributed by atoms with Gasteiger partial charge < -0.3 is 10.1 Å². The number of hydrogen-bond donors (Lipinski definition) is 1. The zero-order valence-corrected chi connectivity index (χ0v) is 17.1. The van der Waals surface area contributed by atoms with E-state index in [4.69, 9.17) is 4.74 Å². The van der Waals surface area contributed by atoms with Gasteiger partial charge in [-0.25, -0.2) is 0 Å². The minimum atomic E-state index is -0.137. The van der Waals surface area contributed by atoms with Crippen LogP contribution in [0.25, 0.3) is 10.9 Å². The zero-order chi connectivity index (χ0) is 20.9. The van der Waals surface area contributed by atoms with Crippen molar-refractivity contribution in [1.82, 2.24) is 15.3 Å². The average Bonchev–Trinajstić information content (AvgIpc) is 2.79. The predicted molar refractivity (Wildman–Crippen MR) is 118 cm³/mol. The number of nitrogens with one attached hydrogen (secondary N) is 1. The highest BCUT2D eigenvalue weighted by atomic mass is 16.5. The average molecular weight is 397 g/mol. The highest BCUT2D eigenvalue weighted by Crippen LogP contribution is 2.32. The number of aryl methyl sites for hydroxylation is 1. The van der Waals surface area contributed by atoms with E-state index in [-0.39, 0.29) is 5.91 Å². The highest BCUT2D eigenvalue weighted by molar-refractivity contribution is 5.96. The van der Waals surface area contributed by atoms with Gasteiger partial charge >= 0.3 is 0 Å². The molecule has 0 saturated heterocycles. The molecule has 2 heterocycles. The number of pyridine rings is 2. The molecule has 0 fully saturated rings. The fourth-order valence-corrected chi connectivity index (χ4v) is 3.34. The second-order valence-corrected chi connectivity index (χ2v) is 7.08. The Morgan fingerprint density at radius 3 is 2.60 bits per heavy atom. The summed E-state index contributed by atoms with van der Waals surface area (Å²) in [6.07, 6.45) is 6.13. The molecular weight excluding hydrogens is 374 g/mol. The molecule has 0 saturated carbocycles. The summed E-state index contributed by atoms with van der Waals surface area (Å²) in [5.74, 6) is 1.24. The smallest absolute Gasteiger partial charge is 0.251 e. The Morgan fingerprint density at radius 1 is 0.967 bits per heavy atom. The standard InChI is InChI=1S/C25H23N3O2/c1-3-18-7-8-21-22(15-18)27-14-11-24(21)30-23-6-4-5-20(17(23)2)25(29)28-16-19-9-12-26-13-10-19/h4-15H,3,16H2,1-2H3,(H,28,29). The molecule has 150 valence electrons. The minimum Gasteiger partial charge on any atom is -0.456 e. The maximum atomic E-state index is 12.7. The molecule has 0 atom stereocenters. The molecule has 0 aliphatic rings. The topological polar surface area (TPSA) is 64.1 Å². The van der Waals surface area contributed by atoms with Crippen LogP contribution in [0.3, 0.4) is 0 Å². The summed E-state index contributed by atoms with van der Waals surface area (Å²) in [5, 5.41) is 3.90. The van der Waals surface area contributed by atoms with Crippen molar-refractivity contribution in [2.45, 2.75) is 26.8 Å². The van der Waals surface area contributed by atoms with Crippen molar-refractivity contribution in [2.75, 3.05) is 0 Å². The molecule has 0 spiro atoms. The third-order valence-corrected chi connectivity index (χ3v) is 5.13. The molecule has 4 rings (SSSR count). The number of carbonyl (C=O) groups excluding carboxylic acids is 1. The Labute approximate surface area is 175 Å². The van der Waals surface area contributed by atoms with Gasteiger partial charge in [0.25, 0.3) is 5.91 Å². The van der Waals surface area contributed by atoms with Crippen molar-refractivity contribution >= 4 is 16.8 Å². The Morgan fingerprint density at radius 2 is 1.80 bits per heavy atom. The van der Waals surface area contributed by atoms with E-state index >= 15 is 0 Å². The number of hydrogen-bond acceptors (Lipinski definition) is 4. The van der Waals surface area contributed by atoms with Crippen LogP contribution in [0.4, 0.5) is 0 Å². The molecule has 30 heavy (non-hydrogen) atoms. The third-order valence-electron chi connectivity index (χ3n) is 5.13. The van der Waals surface area contributed by atoms with E-state index in [1.807, 2.05) is 49.4 Å². The second kappa shape index (κ2) is 8.74. The van der Waals surface area contributed by atoms with Gasteiger partial charge in [-0.3, -0.25) is 14.8 Å². The fraction of sp³-hybridized carbons (Fsp3) is 0.160. The normalized spacial score (nSPS) is 10.7. The van der Waals surface area contributed by atoms with Crippen molar-refractivity contribution in [3.8, 4) is 11.5 Å². The van der Waals surface area contributed by atoms with Gasteiger partial charge in [-0.05, 0) is 66.9 Å². The van der Waals surface area contributed by atoms with E-state index in [0.717, 1.165) is 34.2 Å². The first-order valence-electron chi connectivity index (χ1n) is 9.98. The number of aromatic nitrogens is 2. The van der Waals surface area contributed by atoms with E-state index in [1.54, 1.807) is 18.6 Å². The van der Waals surface area contributed by atoms with Crippen LogP contribution in [-0.4, -0.2) is 15.9 Å². The van der Waals surface area contributed by atoms with Gasteiger partial charge in [0, 0.05) is 41.6 Å². The SMILES string of the molecule is CCc1ccc2c(Oc3cccc(C(=O)NCc4ccncc4)c3C)ccnc2c1. The maximum Gasteiger partial charge on any atom is 0.251 e. The Kier molecular flexibility index (Phi) is 5.70. The quantitative estimate of drug-likeness (QED) is 0.484. The summed E-state index contributed by atoms with van der Waals surface area (Å²) in [4.78, 5) is 21.2. The van der Waals surface area contributed by atoms with E-state index in [2.05, 4.69) is 34.3 Å². The summed E-state index contributed by atoms with van der Waals surface area (Å²) < 4.78 is 6.22. The van der Waals surface area contributed by atoms with Crippen molar-refractivity contribution in [3.63, 3.8) is 0 Å². The monoisotopic (exact) mass is 397 g/mol. The number of carbonyl (C=O) groups is 1. The fourth-order valence-electron chi connectivity index (χ4n) is 3.34. The van der Waals surface area contributed by atoms with Crippen LogP contribution in [0.5, 0.6) is 11.5 Å². The van der Waals surface area contributed by atoms with Crippen LogP contribution in [-0.2, 0) is 13.0 Å².